The highest BCUT2D eigenvalue weighted by Crippen LogP contribution is 2.28. The van der Waals surface area contributed by atoms with Crippen LogP contribution in [0.4, 0.5) is 5.69 Å². The number of hydrogen-bond acceptors (Lipinski definition) is 3. The van der Waals surface area contributed by atoms with E-state index < -0.39 is 0 Å². The average Bonchev–Trinajstić information content (AvgIpc) is 2.39. The fourth-order valence-corrected chi connectivity index (χ4v) is 2.60. The molecule has 0 bridgehead atoms. The minimum Gasteiger partial charge on any atom is -0.481 e. The van der Waals surface area contributed by atoms with Gasteiger partial charge in [0.05, 0.1) is 25.0 Å². The van der Waals surface area contributed by atoms with Crippen LogP contribution >= 0.6 is 27.5 Å². The van der Waals surface area contributed by atoms with Crippen molar-refractivity contribution in [1.29, 1.82) is 0 Å². The summed E-state index contributed by atoms with van der Waals surface area (Å²) in [6, 6.07) is 9.71. The molecule has 100 valence electrons. The van der Waals surface area contributed by atoms with Gasteiger partial charge in [0.25, 0.3) is 0 Å². The van der Waals surface area contributed by atoms with E-state index in [1.54, 1.807) is 13.3 Å². The molecule has 1 aromatic carbocycles. The summed E-state index contributed by atoms with van der Waals surface area (Å²) < 4.78 is 6.00. The Bertz CT molecular complexity index is 560. The van der Waals surface area contributed by atoms with Crippen LogP contribution in [0.3, 0.4) is 0 Å². The van der Waals surface area contributed by atoms with Crippen molar-refractivity contribution >= 4 is 33.2 Å². The fraction of sp³-hybridized carbons (Fsp3) is 0.214. The van der Waals surface area contributed by atoms with Gasteiger partial charge in [0.15, 0.2) is 0 Å². The molecule has 0 fully saturated rings. The average molecular weight is 342 g/mol. The van der Waals surface area contributed by atoms with Gasteiger partial charge < -0.3 is 10.1 Å². The number of ether oxygens (including phenoxy) is 1. The third-order valence-electron chi connectivity index (χ3n) is 2.76. The minimum atomic E-state index is 0.0933. The van der Waals surface area contributed by atoms with Crippen molar-refractivity contribution in [3.63, 3.8) is 0 Å². The van der Waals surface area contributed by atoms with Gasteiger partial charge in [-0.2, -0.15) is 0 Å². The molecular weight excluding hydrogens is 328 g/mol. The highest BCUT2D eigenvalue weighted by Gasteiger charge is 2.10. The van der Waals surface area contributed by atoms with Crippen LogP contribution in [0.1, 0.15) is 18.5 Å². The molecule has 1 heterocycles. The van der Waals surface area contributed by atoms with Crippen molar-refractivity contribution in [3.05, 3.63) is 51.6 Å². The van der Waals surface area contributed by atoms with Gasteiger partial charge in [0.1, 0.15) is 0 Å². The van der Waals surface area contributed by atoms with E-state index in [4.69, 9.17) is 16.3 Å². The van der Waals surface area contributed by atoms with E-state index in [1.807, 2.05) is 30.3 Å². The molecule has 0 saturated heterocycles. The Labute approximate surface area is 126 Å². The number of nitrogens with zero attached hydrogens (tertiary/aromatic N) is 1. The number of pyridine rings is 1. The molecular formula is C14H14BrClN2O. The zero-order valence-corrected chi connectivity index (χ0v) is 13.0. The first-order valence-corrected chi connectivity index (χ1v) is 6.99. The number of hydrogen-bond donors (Lipinski definition) is 1. The second-order valence-electron chi connectivity index (χ2n) is 4.12. The molecule has 2 aromatic rings. The molecule has 3 nitrogen and oxygen atoms in total. The summed E-state index contributed by atoms with van der Waals surface area (Å²) in [4.78, 5) is 4.16. The maximum absolute atomic E-state index is 6.23. The molecule has 1 aromatic heterocycles. The monoisotopic (exact) mass is 340 g/mol. The zero-order valence-electron chi connectivity index (χ0n) is 10.7. The lowest BCUT2D eigenvalue weighted by atomic mass is 10.1. The largest absolute Gasteiger partial charge is 0.481 e. The molecule has 19 heavy (non-hydrogen) atoms. The summed E-state index contributed by atoms with van der Waals surface area (Å²) in [6.07, 6.45) is 1.74. The molecule has 1 atom stereocenters. The van der Waals surface area contributed by atoms with Gasteiger partial charge in [0, 0.05) is 15.6 Å². The van der Waals surface area contributed by atoms with Gasteiger partial charge in [-0.05, 0) is 30.7 Å². The summed E-state index contributed by atoms with van der Waals surface area (Å²) in [6.45, 7) is 2.05. The first-order valence-electron chi connectivity index (χ1n) is 5.81. The van der Waals surface area contributed by atoms with Crippen LogP contribution in [0.25, 0.3) is 0 Å². The van der Waals surface area contributed by atoms with Crippen LogP contribution in [0.15, 0.2) is 41.0 Å². The van der Waals surface area contributed by atoms with Gasteiger partial charge in [-0.25, -0.2) is 4.98 Å². The normalized spacial score (nSPS) is 12.0. The predicted octanol–water partition coefficient (Wildman–Crippen LogP) is 4.68. The van der Waals surface area contributed by atoms with Gasteiger partial charge in [-0.1, -0.05) is 33.6 Å². The fourth-order valence-electron chi connectivity index (χ4n) is 1.77. The second kappa shape index (κ2) is 6.26. The number of anilines is 1. The Hall–Kier alpha value is -1.26. The highest BCUT2D eigenvalue weighted by atomic mass is 79.9. The van der Waals surface area contributed by atoms with Crippen LogP contribution in [0, 0.1) is 0 Å². The van der Waals surface area contributed by atoms with E-state index in [9.17, 15) is 0 Å². The molecule has 1 N–H and O–H groups in total. The summed E-state index contributed by atoms with van der Waals surface area (Å²) in [5.74, 6) is 0.597. The number of aromatic nitrogens is 1. The van der Waals surface area contributed by atoms with E-state index >= 15 is 0 Å². The highest BCUT2D eigenvalue weighted by molar-refractivity contribution is 9.10. The predicted molar refractivity (Wildman–Crippen MR) is 82.0 cm³/mol. The first kappa shape index (κ1) is 14.2. The van der Waals surface area contributed by atoms with Gasteiger partial charge in [0.2, 0.25) is 5.88 Å². The topological polar surface area (TPSA) is 34.1 Å². The molecule has 0 aliphatic carbocycles. The van der Waals surface area contributed by atoms with Crippen molar-refractivity contribution in [3.8, 4) is 5.88 Å². The van der Waals surface area contributed by atoms with Crippen molar-refractivity contribution < 1.29 is 4.74 Å². The third kappa shape index (κ3) is 3.61. The van der Waals surface area contributed by atoms with Gasteiger partial charge in [-0.15, -0.1) is 0 Å². The number of halogens is 2. The summed E-state index contributed by atoms with van der Waals surface area (Å²) in [5.41, 5.74) is 1.97. The van der Waals surface area contributed by atoms with Crippen LogP contribution in [0.2, 0.25) is 5.02 Å². The van der Waals surface area contributed by atoms with E-state index in [0.29, 0.717) is 5.88 Å². The second-order valence-corrected chi connectivity index (χ2v) is 5.44. The number of rotatable bonds is 4. The first-order chi connectivity index (χ1) is 9.10. The number of nitrogens with one attached hydrogen (secondary N) is 1. The van der Waals surface area contributed by atoms with Crippen molar-refractivity contribution in [2.45, 2.75) is 13.0 Å². The molecule has 0 spiro atoms. The van der Waals surface area contributed by atoms with Gasteiger partial charge >= 0.3 is 0 Å². The number of methoxy groups -OCH3 is 1. The Morgan fingerprint density at radius 2 is 2.11 bits per heavy atom. The lowest BCUT2D eigenvalue weighted by Crippen LogP contribution is -2.07. The molecule has 0 aliphatic rings. The Kier molecular flexibility index (Phi) is 4.66. The quantitative estimate of drug-likeness (QED) is 0.877. The van der Waals surface area contributed by atoms with E-state index in [2.05, 4.69) is 33.2 Å². The van der Waals surface area contributed by atoms with Crippen molar-refractivity contribution in [2.24, 2.45) is 0 Å². The van der Waals surface area contributed by atoms with E-state index in [-0.39, 0.29) is 6.04 Å². The molecule has 1 unspecified atom stereocenters. The maximum atomic E-state index is 6.23. The lowest BCUT2D eigenvalue weighted by Gasteiger charge is -2.17. The Morgan fingerprint density at radius 3 is 2.68 bits per heavy atom. The maximum Gasteiger partial charge on any atom is 0.213 e. The molecule has 0 aliphatic heterocycles. The smallest absolute Gasteiger partial charge is 0.213 e. The van der Waals surface area contributed by atoms with E-state index in [0.717, 1.165) is 20.7 Å². The SMILES string of the molecule is COc1ccc(NC(C)c2ccc(Br)cc2Cl)cn1. The third-order valence-corrected chi connectivity index (χ3v) is 3.58. The molecule has 0 radical (unpaired) electrons. The van der Waals surface area contributed by atoms with Crippen LogP contribution < -0.4 is 10.1 Å². The Morgan fingerprint density at radius 1 is 1.32 bits per heavy atom. The molecule has 0 saturated carbocycles. The molecule has 2 rings (SSSR count). The standard InChI is InChI=1S/C14H14BrClN2O/c1-9(12-5-3-10(15)7-13(12)16)18-11-4-6-14(19-2)17-8-11/h3-9,18H,1-2H3. The minimum absolute atomic E-state index is 0.0933. The Balaban J connectivity index is 2.13. The van der Waals surface area contributed by atoms with Crippen LogP contribution in [-0.4, -0.2) is 12.1 Å². The summed E-state index contributed by atoms with van der Waals surface area (Å²) >= 11 is 9.63. The lowest BCUT2D eigenvalue weighted by molar-refractivity contribution is 0.398. The van der Waals surface area contributed by atoms with Crippen molar-refractivity contribution in [2.75, 3.05) is 12.4 Å². The summed E-state index contributed by atoms with van der Waals surface area (Å²) in [5, 5.41) is 4.08. The van der Waals surface area contributed by atoms with Crippen molar-refractivity contribution in [1.82, 2.24) is 4.98 Å². The summed E-state index contributed by atoms with van der Waals surface area (Å²) in [7, 11) is 1.60. The number of benzene rings is 1. The zero-order chi connectivity index (χ0) is 13.8. The van der Waals surface area contributed by atoms with Crippen LogP contribution in [-0.2, 0) is 0 Å². The van der Waals surface area contributed by atoms with E-state index in [1.165, 1.54) is 0 Å². The molecule has 5 heteroatoms. The van der Waals surface area contributed by atoms with Gasteiger partial charge in [-0.3, -0.25) is 0 Å². The van der Waals surface area contributed by atoms with Crippen LogP contribution in [0.5, 0.6) is 5.88 Å². The molecule has 0 amide bonds.